The Kier molecular flexibility index (Phi) is 3.09. The molecule has 4 nitrogen and oxygen atoms in total. The molecule has 1 heterocycles. The standard InChI is InChI=1S/C9H18N2O2S/c12-14(13,11-9-3-4-9)7-5-8-2-1-6-10-8/h8-11H,1-7H2. The van der Waals surface area contributed by atoms with Crippen LogP contribution in [0.5, 0.6) is 0 Å². The molecule has 0 amide bonds. The fourth-order valence-electron chi connectivity index (χ4n) is 1.81. The van der Waals surface area contributed by atoms with E-state index in [2.05, 4.69) is 10.0 Å². The third-order valence-corrected chi connectivity index (χ3v) is 4.29. The molecule has 0 aromatic rings. The molecule has 14 heavy (non-hydrogen) atoms. The summed E-state index contributed by atoms with van der Waals surface area (Å²) in [6.45, 7) is 1.04. The van der Waals surface area contributed by atoms with Crippen molar-refractivity contribution in [3.8, 4) is 0 Å². The summed E-state index contributed by atoms with van der Waals surface area (Å²) in [4.78, 5) is 0. The van der Waals surface area contributed by atoms with Crippen molar-refractivity contribution in [1.82, 2.24) is 10.0 Å². The Bertz CT molecular complexity index is 279. The zero-order valence-electron chi connectivity index (χ0n) is 8.33. The fraction of sp³-hybridized carbons (Fsp3) is 1.00. The highest BCUT2D eigenvalue weighted by Crippen LogP contribution is 2.20. The van der Waals surface area contributed by atoms with E-state index in [1.807, 2.05) is 0 Å². The van der Waals surface area contributed by atoms with Crippen LogP contribution in [-0.2, 0) is 10.0 Å². The molecular formula is C9H18N2O2S. The van der Waals surface area contributed by atoms with Gasteiger partial charge in [-0.1, -0.05) is 0 Å². The van der Waals surface area contributed by atoms with Gasteiger partial charge in [-0.25, -0.2) is 13.1 Å². The molecule has 1 unspecified atom stereocenters. The second kappa shape index (κ2) is 4.16. The highest BCUT2D eigenvalue weighted by Gasteiger charge is 2.27. The van der Waals surface area contributed by atoms with E-state index in [9.17, 15) is 8.42 Å². The molecule has 1 aliphatic heterocycles. The van der Waals surface area contributed by atoms with Crippen LogP contribution in [-0.4, -0.2) is 32.8 Å². The van der Waals surface area contributed by atoms with E-state index >= 15 is 0 Å². The van der Waals surface area contributed by atoms with Crippen LogP contribution in [0.2, 0.25) is 0 Å². The normalized spacial score (nSPS) is 28.1. The summed E-state index contributed by atoms with van der Waals surface area (Å²) in [6.07, 6.45) is 5.09. The minimum Gasteiger partial charge on any atom is -0.314 e. The van der Waals surface area contributed by atoms with Crippen LogP contribution in [0.4, 0.5) is 0 Å². The topological polar surface area (TPSA) is 58.2 Å². The molecule has 2 rings (SSSR count). The Balaban J connectivity index is 1.71. The third kappa shape index (κ3) is 3.22. The number of rotatable bonds is 5. The van der Waals surface area contributed by atoms with Crippen LogP contribution in [0, 0.1) is 0 Å². The molecule has 1 atom stereocenters. The van der Waals surface area contributed by atoms with Crippen LogP contribution in [0.15, 0.2) is 0 Å². The molecule has 0 radical (unpaired) electrons. The number of hydrogen-bond acceptors (Lipinski definition) is 3. The maximum atomic E-state index is 11.5. The number of hydrogen-bond donors (Lipinski definition) is 2. The summed E-state index contributed by atoms with van der Waals surface area (Å²) < 4.78 is 25.7. The van der Waals surface area contributed by atoms with Gasteiger partial charge in [0.1, 0.15) is 0 Å². The second-order valence-electron chi connectivity index (χ2n) is 4.29. The molecule has 2 aliphatic rings. The summed E-state index contributed by atoms with van der Waals surface area (Å²) >= 11 is 0. The molecule has 0 spiro atoms. The first-order valence-electron chi connectivity index (χ1n) is 5.39. The quantitative estimate of drug-likeness (QED) is 0.693. The van der Waals surface area contributed by atoms with Gasteiger partial charge in [-0.05, 0) is 38.6 Å². The molecule has 5 heteroatoms. The minimum absolute atomic E-state index is 0.247. The number of sulfonamides is 1. The van der Waals surface area contributed by atoms with Gasteiger partial charge in [0.2, 0.25) is 10.0 Å². The van der Waals surface area contributed by atoms with Crippen molar-refractivity contribution in [3.63, 3.8) is 0 Å². The van der Waals surface area contributed by atoms with Crippen molar-refractivity contribution >= 4 is 10.0 Å². The van der Waals surface area contributed by atoms with E-state index in [1.54, 1.807) is 0 Å². The average Bonchev–Trinajstić information content (AvgIpc) is 2.78. The SMILES string of the molecule is O=S(=O)(CCC1CCCN1)NC1CC1. The maximum Gasteiger partial charge on any atom is 0.211 e. The first-order chi connectivity index (χ1) is 6.66. The maximum absolute atomic E-state index is 11.5. The van der Waals surface area contributed by atoms with Gasteiger partial charge in [0.05, 0.1) is 5.75 Å². The van der Waals surface area contributed by atoms with Crippen LogP contribution in [0.3, 0.4) is 0 Å². The lowest BCUT2D eigenvalue weighted by molar-refractivity contribution is 0.553. The Morgan fingerprint density at radius 3 is 2.64 bits per heavy atom. The van der Waals surface area contributed by atoms with E-state index in [-0.39, 0.29) is 11.8 Å². The van der Waals surface area contributed by atoms with Gasteiger partial charge in [-0.15, -0.1) is 0 Å². The average molecular weight is 218 g/mol. The van der Waals surface area contributed by atoms with Crippen LogP contribution in [0.25, 0.3) is 0 Å². The molecule has 2 N–H and O–H groups in total. The predicted octanol–water partition coefficient (Wildman–Crippen LogP) is 0.210. The van der Waals surface area contributed by atoms with E-state index in [0.29, 0.717) is 6.04 Å². The summed E-state index contributed by atoms with van der Waals surface area (Å²) in [5.41, 5.74) is 0. The Labute approximate surface area is 85.5 Å². The van der Waals surface area contributed by atoms with Crippen molar-refractivity contribution < 1.29 is 8.42 Å². The molecule has 1 saturated heterocycles. The molecule has 1 aliphatic carbocycles. The van der Waals surface area contributed by atoms with E-state index < -0.39 is 10.0 Å². The monoisotopic (exact) mass is 218 g/mol. The van der Waals surface area contributed by atoms with E-state index in [0.717, 1.165) is 32.2 Å². The fourth-order valence-corrected chi connectivity index (χ4v) is 3.27. The van der Waals surface area contributed by atoms with Gasteiger partial charge in [-0.3, -0.25) is 0 Å². The summed E-state index contributed by atoms with van der Waals surface area (Å²) in [6, 6.07) is 0.669. The molecule has 82 valence electrons. The van der Waals surface area contributed by atoms with Gasteiger partial charge in [0, 0.05) is 12.1 Å². The minimum atomic E-state index is -3.00. The molecule has 0 aromatic carbocycles. The highest BCUT2D eigenvalue weighted by atomic mass is 32.2. The van der Waals surface area contributed by atoms with Crippen molar-refractivity contribution in [3.05, 3.63) is 0 Å². The zero-order chi connectivity index (χ0) is 10.0. The van der Waals surface area contributed by atoms with E-state index in [1.165, 1.54) is 6.42 Å². The van der Waals surface area contributed by atoms with Crippen LogP contribution < -0.4 is 10.0 Å². The van der Waals surface area contributed by atoms with Gasteiger partial charge in [0.15, 0.2) is 0 Å². The lowest BCUT2D eigenvalue weighted by Gasteiger charge is -2.10. The largest absolute Gasteiger partial charge is 0.314 e. The van der Waals surface area contributed by atoms with Crippen molar-refractivity contribution in [2.45, 2.75) is 44.2 Å². The first-order valence-corrected chi connectivity index (χ1v) is 7.04. The number of nitrogens with one attached hydrogen (secondary N) is 2. The lowest BCUT2D eigenvalue weighted by atomic mass is 10.2. The van der Waals surface area contributed by atoms with Gasteiger partial charge in [0.25, 0.3) is 0 Å². The summed E-state index contributed by atoms with van der Waals surface area (Å²) in [7, 11) is -3.00. The van der Waals surface area contributed by atoms with Crippen molar-refractivity contribution in [2.24, 2.45) is 0 Å². The van der Waals surface area contributed by atoms with Gasteiger partial charge < -0.3 is 5.32 Å². The Morgan fingerprint density at radius 2 is 2.07 bits per heavy atom. The van der Waals surface area contributed by atoms with Crippen molar-refractivity contribution in [2.75, 3.05) is 12.3 Å². The molecule has 0 bridgehead atoms. The Morgan fingerprint density at radius 1 is 1.29 bits per heavy atom. The van der Waals surface area contributed by atoms with Gasteiger partial charge >= 0.3 is 0 Å². The summed E-state index contributed by atoms with van der Waals surface area (Å²) in [5.74, 6) is 0.279. The molecule has 0 aromatic heterocycles. The van der Waals surface area contributed by atoms with Crippen molar-refractivity contribution in [1.29, 1.82) is 0 Å². The molecule has 1 saturated carbocycles. The molecule has 2 fully saturated rings. The molecular weight excluding hydrogens is 200 g/mol. The predicted molar refractivity (Wildman–Crippen MR) is 55.6 cm³/mol. The zero-order valence-corrected chi connectivity index (χ0v) is 9.15. The van der Waals surface area contributed by atoms with Crippen LogP contribution in [0.1, 0.15) is 32.1 Å². The second-order valence-corrected chi connectivity index (χ2v) is 6.17. The highest BCUT2D eigenvalue weighted by molar-refractivity contribution is 7.89. The van der Waals surface area contributed by atoms with E-state index in [4.69, 9.17) is 0 Å². The third-order valence-electron chi connectivity index (χ3n) is 2.82. The first kappa shape index (κ1) is 10.4. The van der Waals surface area contributed by atoms with Crippen LogP contribution >= 0.6 is 0 Å². The summed E-state index contributed by atoms with van der Waals surface area (Å²) in [5, 5.41) is 3.31. The lowest BCUT2D eigenvalue weighted by Crippen LogP contribution is -2.32. The van der Waals surface area contributed by atoms with Gasteiger partial charge in [-0.2, -0.15) is 0 Å². The smallest absolute Gasteiger partial charge is 0.211 e. The Hall–Kier alpha value is -0.130.